The summed E-state index contributed by atoms with van der Waals surface area (Å²) in [6.45, 7) is 12.5. The Kier molecular flexibility index (Phi) is 9.00. The van der Waals surface area contributed by atoms with Crippen LogP contribution in [0, 0.1) is 56.2 Å². The zero-order valence-corrected chi connectivity index (χ0v) is 29.9. The second kappa shape index (κ2) is 11.9. The van der Waals surface area contributed by atoms with Crippen LogP contribution in [0.3, 0.4) is 0 Å². The van der Waals surface area contributed by atoms with Crippen molar-refractivity contribution in [1.29, 1.82) is 0 Å². The fourth-order valence-electron chi connectivity index (χ4n) is 13.2. The first kappa shape index (κ1) is 36.5. The van der Waals surface area contributed by atoms with E-state index in [1.165, 1.54) is 7.11 Å². The van der Waals surface area contributed by atoms with Gasteiger partial charge in [0.1, 0.15) is 24.4 Å². The maximum absolute atomic E-state index is 14.5. The number of carbonyl (C=O) groups is 2. The molecule has 11 nitrogen and oxygen atoms in total. The van der Waals surface area contributed by atoms with E-state index in [1.807, 2.05) is 6.92 Å². The van der Waals surface area contributed by atoms with Crippen LogP contribution < -0.4 is 0 Å². The van der Waals surface area contributed by atoms with Gasteiger partial charge in [0.2, 0.25) is 6.29 Å². The summed E-state index contributed by atoms with van der Waals surface area (Å²) < 4.78 is 16.8. The molecule has 6 rings (SSSR count). The highest BCUT2D eigenvalue weighted by Gasteiger charge is 2.73. The molecule has 6 fully saturated rings. The molecule has 16 unspecified atom stereocenters. The topological polar surface area (TPSA) is 183 Å². The standard InChI is InChI=1S/C37H60O11/c1-32(2)24(40)10-11-34(4)23-9-8-19-20-16-33(3,30(44)46-7)12-14-37(20,15-13-35(19,5)36(23,6)17-21(39)28(32)34)31(45)48-29-27(43)26(42)25(41)22(18-38)47-29/h19-29,38-43H,8-18H2,1-7H3. The van der Waals surface area contributed by atoms with Crippen molar-refractivity contribution in [2.24, 2.45) is 56.2 Å². The highest BCUT2D eigenvalue weighted by atomic mass is 16.7. The van der Waals surface area contributed by atoms with Crippen molar-refractivity contribution in [3.05, 3.63) is 0 Å². The molecule has 0 aromatic carbocycles. The summed E-state index contributed by atoms with van der Waals surface area (Å²) in [5.41, 5.74) is -2.95. The second-order valence-corrected chi connectivity index (χ2v) is 18.3. The number of hydrogen-bond acceptors (Lipinski definition) is 11. The van der Waals surface area contributed by atoms with E-state index in [0.29, 0.717) is 50.9 Å². The first-order valence-electron chi connectivity index (χ1n) is 18.2. The van der Waals surface area contributed by atoms with Crippen molar-refractivity contribution in [2.45, 2.75) is 149 Å². The second-order valence-electron chi connectivity index (χ2n) is 18.3. The van der Waals surface area contributed by atoms with Crippen LogP contribution in [-0.4, -0.2) is 99.2 Å². The molecule has 0 bridgehead atoms. The van der Waals surface area contributed by atoms with Crippen molar-refractivity contribution in [3.63, 3.8) is 0 Å². The van der Waals surface area contributed by atoms with Gasteiger partial charge < -0.3 is 44.8 Å². The number of hydrogen-bond donors (Lipinski definition) is 6. The molecule has 11 heteroatoms. The van der Waals surface area contributed by atoms with Crippen LogP contribution in [0.25, 0.3) is 0 Å². The number of fused-ring (bicyclic) bond motifs is 7. The van der Waals surface area contributed by atoms with Crippen molar-refractivity contribution < 1.29 is 54.4 Å². The minimum atomic E-state index is -1.70. The fourth-order valence-corrected chi connectivity index (χ4v) is 13.2. The number of carbonyl (C=O) groups excluding carboxylic acids is 2. The van der Waals surface area contributed by atoms with Crippen LogP contribution in [0.5, 0.6) is 0 Å². The lowest BCUT2D eigenvalue weighted by molar-refractivity contribution is -0.303. The fraction of sp³-hybridized carbons (Fsp3) is 0.946. The Balaban J connectivity index is 1.37. The normalized spacial score (nSPS) is 54.5. The van der Waals surface area contributed by atoms with Gasteiger partial charge >= 0.3 is 11.9 Å². The molecule has 5 saturated carbocycles. The SMILES string of the molecule is COC(=O)C1(C)CCC2(C(=O)OC3OC(CO)C(O)C(O)C3O)CCC3(C)C(CCC4C5(C)CCC(O)C(C)(C)C5C(O)CC43C)C2C1. The summed E-state index contributed by atoms with van der Waals surface area (Å²) in [5.74, 6) is -0.852. The van der Waals surface area contributed by atoms with Crippen molar-refractivity contribution in [1.82, 2.24) is 0 Å². The number of esters is 2. The largest absolute Gasteiger partial charge is 0.469 e. The maximum Gasteiger partial charge on any atom is 0.314 e. The van der Waals surface area contributed by atoms with Crippen molar-refractivity contribution in [3.8, 4) is 0 Å². The lowest BCUT2D eigenvalue weighted by atomic mass is 9.31. The number of rotatable bonds is 4. The molecule has 1 heterocycles. The Labute approximate surface area is 284 Å². The molecule has 0 amide bonds. The van der Waals surface area contributed by atoms with Gasteiger partial charge in [-0.25, -0.2) is 0 Å². The number of aliphatic hydroxyl groups excluding tert-OH is 6. The molecule has 6 aliphatic rings. The highest BCUT2D eigenvalue weighted by molar-refractivity contribution is 5.80. The van der Waals surface area contributed by atoms with E-state index in [-0.39, 0.29) is 40.0 Å². The van der Waals surface area contributed by atoms with E-state index in [9.17, 15) is 40.2 Å². The molecule has 1 saturated heterocycles. The van der Waals surface area contributed by atoms with E-state index >= 15 is 0 Å². The lowest BCUT2D eigenvalue weighted by Gasteiger charge is -2.74. The van der Waals surface area contributed by atoms with Gasteiger partial charge in [-0.1, -0.05) is 34.6 Å². The molecule has 0 aromatic heterocycles. The zero-order chi connectivity index (χ0) is 35.4. The zero-order valence-electron chi connectivity index (χ0n) is 29.9. The molecule has 6 N–H and O–H groups in total. The van der Waals surface area contributed by atoms with Gasteiger partial charge in [0, 0.05) is 0 Å². The van der Waals surface area contributed by atoms with E-state index in [1.54, 1.807) is 0 Å². The third kappa shape index (κ3) is 4.84. The minimum absolute atomic E-state index is 0.0219. The Morgan fingerprint density at radius 1 is 0.750 bits per heavy atom. The van der Waals surface area contributed by atoms with Crippen LogP contribution in [0.1, 0.15) is 106 Å². The molecular weight excluding hydrogens is 620 g/mol. The van der Waals surface area contributed by atoms with Crippen LogP contribution >= 0.6 is 0 Å². The third-order valence-electron chi connectivity index (χ3n) is 16.0. The monoisotopic (exact) mass is 680 g/mol. The first-order chi connectivity index (χ1) is 22.3. The first-order valence-corrected chi connectivity index (χ1v) is 18.2. The molecule has 0 aromatic rings. The van der Waals surface area contributed by atoms with Gasteiger partial charge in [-0.3, -0.25) is 9.59 Å². The van der Waals surface area contributed by atoms with Crippen LogP contribution in [-0.2, 0) is 23.8 Å². The quantitative estimate of drug-likeness (QED) is 0.240. The van der Waals surface area contributed by atoms with Crippen molar-refractivity contribution >= 4 is 11.9 Å². The number of aliphatic hydroxyl groups is 6. The maximum atomic E-state index is 14.5. The molecule has 0 radical (unpaired) electrons. The summed E-state index contributed by atoms with van der Waals surface area (Å²) >= 11 is 0. The molecule has 5 aliphatic carbocycles. The Morgan fingerprint density at radius 3 is 2.06 bits per heavy atom. The minimum Gasteiger partial charge on any atom is -0.469 e. The van der Waals surface area contributed by atoms with Crippen LogP contribution in [0.2, 0.25) is 0 Å². The van der Waals surface area contributed by atoms with Crippen LogP contribution in [0.15, 0.2) is 0 Å². The summed E-state index contributed by atoms with van der Waals surface area (Å²) in [6.07, 6.45) is -2.48. The summed E-state index contributed by atoms with van der Waals surface area (Å²) in [4.78, 5) is 27.8. The number of ether oxygens (including phenoxy) is 3. The predicted octanol–water partition coefficient (Wildman–Crippen LogP) is 2.70. The molecule has 48 heavy (non-hydrogen) atoms. The molecular formula is C37H60O11. The van der Waals surface area contributed by atoms with E-state index in [4.69, 9.17) is 14.2 Å². The van der Waals surface area contributed by atoms with E-state index in [0.717, 1.165) is 19.3 Å². The third-order valence-corrected chi connectivity index (χ3v) is 16.0. The lowest BCUT2D eigenvalue weighted by Crippen LogP contribution is -2.70. The summed E-state index contributed by atoms with van der Waals surface area (Å²) in [6, 6.07) is 0. The number of methoxy groups -OCH3 is 1. The Hall–Kier alpha value is -1.34. The van der Waals surface area contributed by atoms with Gasteiger partial charge in [0.05, 0.1) is 36.8 Å². The van der Waals surface area contributed by atoms with Crippen molar-refractivity contribution in [2.75, 3.05) is 13.7 Å². The average molecular weight is 681 g/mol. The van der Waals surface area contributed by atoms with Crippen LogP contribution in [0.4, 0.5) is 0 Å². The Bertz CT molecular complexity index is 1270. The van der Waals surface area contributed by atoms with E-state index < -0.39 is 71.7 Å². The summed E-state index contributed by atoms with van der Waals surface area (Å²) in [5, 5.41) is 64.3. The van der Waals surface area contributed by atoms with Gasteiger partial charge in [-0.15, -0.1) is 0 Å². The smallest absolute Gasteiger partial charge is 0.314 e. The van der Waals surface area contributed by atoms with Gasteiger partial charge in [0.25, 0.3) is 0 Å². The average Bonchev–Trinajstić information content (AvgIpc) is 3.02. The van der Waals surface area contributed by atoms with E-state index in [2.05, 4.69) is 34.6 Å². The molecule has 16 atom stereocenters. The van der Waals surface area contributed by atoms with Gasteiger partial charge in [0.15, 0.2) is 0 Å². The Morgan fingerprint density at radius 2 is 1.42 bits per heavy atom. The molecule has 0 spiro atoms. The van der Waals surface area contributed by atoms with Gasteiger partial charge in [-0.2, -0.15) is 0 Å². The predicted molar refractivity (Wildman–Crippen MR) is 173 cm³/mol. The summed E-state index contributed by atoms with van der Waals surface area (Å²) in [7, 11) is 1.39. The highest BCUT2D eigenvalue weighted by Crippen LogP contribution is 2.77. The molecule has 274 valence electrons. The molecule has 1 aliphatic heterocycles. The van der Waals surface area contributed by atoms with Gasteiger partial charge in [-0.05, 0) is 116 Å².